The van der Waals surface area contributed by atoms with Gasteiger partial charge in [-0.3, -0.25) is 14.4 Å². The molecular weight excluding hydrogens is 497 g/mol. The summed E-state index contributed by atoms with van der Waals surface area (Å²) in [5.74, 6) is -0.194. The third-order valence-corrected chi connectivity index (χ3v) is 7.79. The van der Waals surface area contributed by atoms with Crippen LogP contribution in [-0.2, 0) is 31.0 Å². The fourth-order valence-corrected chi connectivity index (χ4v) is 5.95. The van der Waals surface area contributed by atoms with Crippen molar-refractivity contribution in [3.05, 3.63) is 44.3 Å². The topological polar surface area (TPSA) is 79.8 Å². The van der Waals surface area contributed by atoms with Crippen LogP contribution in [0.1, 0.15) is 49.6 Å². The van der Waals surface area contributed by atoms with Crippen LogP contribution in [0.3, 0.4) is 0 Å². The Labute approximate surface area is 213 Å². The fraction of sp³-hybridized carbons (Fsp3) is 0.500. The van der Waals surface area contributed by atoms with E-state index in [4.69, 9.17) is 27.9 Å². The number of halogens is 2. The van der Waals surface area contributed by atoms with Crippen LogP contribution in [0.2, 0.25) is 9.36 Å². The number of esters is 1. The molecule has 2 amide bonds. The molecule has 10 heteroatoms. The first-order valence-electron chi connectivity index (χ1n) is 11.5. The number of carbonyl (C=O) groups excluding carboxylic acids is 3. The van der Waals surface area contributed by atoms with E-state index in [1.807, 2.05) is 17.0 Å². The van der Waals surface area contributed by atoms with Gasteiger partial charge in [0.1, 0.15) is 9.34 Å². The summed E-state index contributed by atoms with van der Waals surface area (Å²) in [6.07, 6.45) is 4.50. The zero-order valence-corrected chi connectivity index (χ0v) is 21.3. The first kappa shape index (κ1) is 24.9. The lowest BCUT2D eigenvalue weighted by Gasteiger charge is -2.26. The monoisotopic (exact) mass is 523 g/mol. The number of hydrogen-bond acceptors (Lipinski definition) is 6. The smallest absolute Gasteiger partial charge is 0.305 e. The molecule has 7 nitrogen and oxygen atoms in total. The van der Waals surface area contributed by atoms with Crippen molar-refractivity contribution in [1.29, 1.82) is 0 Å². The summed E-state index contributed by atoms with van der Waals surface area (Å²) in [5, 5.41) is 1.29. The number of amides is 2. The van der Waals surface area contributed by atoms with E-state index in [9.17, 15) is 14.4 Å². The van der Waals surface area contributed by atoms with Crippen LogP contribution in [0.25, 0.3) is 0 Å². The van der Waals surface area contributed by atoms with Crippen LogP contribution in [0.4, 0.5) is 5.69 Å². The number of rotatable bonds is 8. The quantitative estimate of drug-likeness (QED) is 0.372. The molecule has 1 fully saturated rings. The highest BCUT2D eigenvalue weighted by Crippen LogP contribution is 2.47. The van der Waals surface area contributed by atoms with E-state index in [1.54, 1.807) is 24.1 Å². The molecule has 3 heterocycles. The lowest BCUT2D eigenvalue weighted by molar-refractivity contribution is -0.143. The molecule has 2 aliphatic rings. The Bertz CT molecular complexity index is 1090. The Hall–Kier alpha value is -2.16. The molecule has 1 saturated heterocycles. The molecule has 182 valence electrons. The van der Waals surface area contributed by atoms with E-state index in [0.717, 1.165) is 17.7 Å². The van der Waals surface area contributed by atoms with Crippen LogP contribution >= 0.6 is 34.5 Å². The summed E-state index contributed by atoms with van der Waals surface area (Å²) in [4.78, 5) is 45.5. The van der Waals surface area contributed by atoms with Gasteiger partial charge in [-0.15, -0.1) is 11.3 Å². The van der Waals surface area contributed by atoms with E-state index < -0.39 is 0 Å². The number of unbranched alkanes of at least 4 members (excludes halogenated alkanes) is 1. The lowest BCUT2D eigenvalue weighted by Crippen LogP contribution is -2.40. The highest BCUT2D eigenvalue weighted by atomic mass is 35.5. The maximum absolute atomic E-state index is 13.2. The average Bonchev–Trinajstić information content (AvgIpc) is 3.50. The number of fused-ring (bicyclic) bond motifs is 2. The summed E-state index contributed by atoms with van der Waals surface area (Å²) in [7, 11) is 0. The van der Waals surface area contributed by atoms with Crippen molar-refractivity contribution in [3.63, 3.8) is 0 Å². The Balaban J connectivity index is 1.42. The molecule has 1 aromatic heterocycles. The van der Waals surface area contributed by atoms with Crippen molar-refractivity contribution in [2.45, 2.75) is 50.9 Å². The number of likely N-dealkylation sites (tertiary alicyclic amines) is 1. The van der Waals surface area contributed by atoms with Crippen molar-refractivity contribution in [3.8, 4) is 0 Å². The maximum atomic E-state index is 13.2. The van der Waals surface area contributed by atoms with Gasteiger partial charge in [0.2, 0.25) is 11.8 Å². The highest BCUT2D eigenvalue weighted by Gasteiger charge is 2.49. The molecule has 1 unspecified atom stereocenters. The lowest BCUT2D eigenvalue weighted by atomic mass is 9.81. The second-order valence-electron chi connectivity index (χ2n) is 8.73. The van der Waals surface area contributed by atoms with Gasteiger partial charge >= 0.3 is 5.97 Å². The summed E-state index contributed by atoms with van der Waals surface area (Å²) in [6.45, 7) is 3.84. The number of nitrogens with zero attached hydrogens (tertiary/aromatic N) is 3. The third kappa shape index (κ3) is 5.39. The van der Waals surface area contributed by atoms with Gasteiger partial charge in [0, 0.05) is 48.6 Å². The Morgan fingerprint density at radius 3 is 2.68 bits per heavy atom. The van der Waals surface area contributed by atoms with Crippen molar-refractivity contribution >= 4 is 58.0 Å². The van der Waals surface area contributed by atoms with Crippen LogP contribution in [0.5, 0.6) is 0 Å². The minimum atomic E-state index is -0.336. The number of aromatic nitrogens is 1. The van der Waals surface area contributed by atoms with Gasteiger partial charge < -0.3 is 14.5 Å². The molecule has 34 heavy (non-hydrogen) atoms. The fourth-order valence-electron chi connectivity index (χ4n) is 4.83. The van der Waals surface area contributed by atoms with Crippen molar-refractivity contribution in [1.82, 2.24) is 9.88 Å². The van der Waals surface area contributed by atoms with Crippen LogP contribution in [-0.4, -0.2) is 53.9 Å². The molecule has 2 aliphatic heterocycles. The number of anilines is 1. The molecule has 0 aliphatic carbocycles. The SMILES string of the molecule is CCOC(=O)CCCCC(=O)N1CCC2(C1)CN(C(=O)Cc1ncc(Cl)s1)c1ccc(Cl)cc12. The van der Waals surface area contributed by atoms with Gasteiger partial charge in [-0.1, -0.05) is 23.2 Å². The first-order chi connectivity index (χ1) is 16.3. The molecule has 2 aromatic rings. The van der Waals surface area contributed by atoms with Crippen molar-refractivity contribution < 1.29 is 19.1 Å². The predicted molar refractivity (Wildman–Crippen MR) is 133 cm³/mol. The van der Waals surface area contributed by atoms with Gasteiger partial charge in [0.15, 0.2) is 0 Å². The van der Waals surface area contributed by atoms with E-state index in [1.165, 1.54) is 11.3 Å². The minimum Gasteiger partial charge on any atom is -0.466 e. The molecular formula is C24H27Cl2N3O4S. The number of hydrogen-bond donors (Lipinski definition) is 0. The molecule has 1 aromatic carbocycles. The van der Waals surface area contributed by atoms with Crippen LogP contribution in [0, 0.1) is 0 Å². The number of benzene rings is 1. The molecule has 0 radical (unpaired) electrons. The standard InChI is InChI=1S/C24H27Cl2N3O4S/c1-2-33-23(32)6-4-3-5-21(30)28-10-9-24(14-28)15-29(18-8-7-16(25)11-17(18)24)22(31)12-20-27-13-19(26)34-20/h7-8,11,13H,2-6,9-10,12,14-15H2,1H3. The molecule has 1 spiro atoms. The van der Waals surface area contributed by atoms with Crippen molar-refractivity contribution in [2.75, 3.05) is 31.1 Å². The van der Waals surface area contributed by atoms with Crippen molar-refractivity contribution in [2.24, 2.45) is 0 Å². The third-order valence-electron chi connectivity index (χ3n) is 6.44. The van der Waals surface area contributed by atoms with Gasteiger partial charge in [-0.05, 0) is 49.9 Å². The molecule has 4 rings (SSSR count). The van der Waals surface area contributed by atoms with Crippen LogP contribution < -0.4 is 4.90 Å². The Morgan fingerprint density at radius 2 is 1.94 bits per heavy atom. The second kappa shape index (κ2) is 10.6. The Kier molecular flexibility index (Phi) is 7.80. The van der Waals surface area contributed by atoms with E-state index in [0.29, 0.717) is 66.3 Å². The predicted octanol–water partition coefficient (Wildman–Crippen LogP) is 4.63. The largest absolute Gasteiger partial charge is 0.466 e. The maximum Gasteiger partial charge on any atom is 0.305 e. The summed E-state index contributed by atoms with van der Waals surface area (Å²) < 4.78 is 5.49. The average molecular weight is 524 g/mol. The molecule has 1 atom stereocenters. The zero-order valence-electron chi connectivity index (χ0n) is 19.0. The number of ether oxygens (including phenoxy) is 1. The minimum absolute atomic E-state index is 0.0461. The summed E-state index contributed by atoms with van der Waals surface area (Å²) in [5.41, 5.74) is 1.53. The van der Waals surface area contributed by atoms with Crippen LogP contribution in [0.15, 0.2) is 24.4 Å². The molecule has 0 N–H and O–H groups in total. The van der Waals surface area contributed by atoms with Gasteiger partial charge in [0.05, 0.1) is 19.2 Å². The Morgan fingerprint density at radius 1 is 1.15 bits per heavy atom. The number of carbonyl (C=O) groups is 3. The first-order valence-corrected chi connectivity index (χ1v) is 13.0. The normalized spacial score (nSPS) is 19.0. The number of thiazole rings is 1. The van der Waals surface area contributed by atoms with E-state index >= 15 is 0 Å². The second-order valence-corrected chi connectivity index (χ2v) is 10.9. The summed E-state index contributed by atoms with van der Waals surface area (Å²) in [6, 6.07) is 5.61. The van der Waals surface area contributed by atoms with E-state index in [-0.39, 0.29) is 29.6 Å². The summed E-state index contributed by atoms with van der Waals surface area (Å²) >= 11 is 13.6. The van der Waals surface area contributed by atoms with E-state index in [2.05, 4.69) is 4.98 Å². The van der Waals surface area contributed by atoms with Gasteiger partial charge in [-0.25, -0.2) is 4.98 Å². The molecule has 0 bridgehead atoms. The van der Waals surface area contributed by atoms with Gasteiger partial charge in [0.25, 0.3) is 0 Å². The zero-order chi connectivity index (χ0) is 24.3. The highest BCUT2D eigenvalue weighted by molar-refractivity contribution is 7.15. The molecule has 0 saturated carbocycles. The van der Waals surface area contributed by atoms with Gasteiger partial charge in [-0.2, -0.15) is 0 Å².